The van der Waals surface area contributed by atoms with Crippen LogP contribution in [0.1, 0.15) is 6.92 Å². The Balaban J connectivity index is 2.31. The van der Waals surface area contributed by atoms with Gasteiger partial charge in [-0.2, -0.15) is 0 Å². The number of aliphatic hydroxyl groups is 1. The molecule has 0 aliphatic carbocycles. The number of hydrogen-bond donors (Lipinski definition) is 2. The van der Waals surface area contributed by atoms with Gasteiger partial charge < -0.3 is 15.2 Å². The molecule has 1 rings (SSSR count). The molecule has 1 unspecified atom stereocenters. The van der Waals surface area contributed by atoms with Crippen molar-refractivity contribution in [2.24, 2.45) is 0 Å². The highest BCUT2D eigenvalue weighted by Gasteiger charge is 2.04. The van der Waals surface area contributed by atoms with Crippen molar-refractivity contribution in [3.05, 3.63) is 30.3 Å². The number of aliphatic hydroxyl groups excluding tert-OH is 1. The van der Waals surface area contributed by atoms with E-state index in [0.29, 0.717) is 5.75 Å². The summed E-state index contributed by atoms with van der Waals surface area (Å²) in [6.45, 7) is 1.35. The van der Waals surface area contributed by atoms with E-state index in [1.807, 2.05) is 6.07 Å². The van der Waals surface area contributed by atoms with Crippen molar-refractivity contribution in [1.82, 2.24) is 5.32 Å². The molecule has 1 amide bonds. The quantitative estimate of drug-likeness (QED) is 0.679. The number of rotatable bonds is 4. The van der Waals surface area contributed by atoms with Crippen LogP contribution in [0.25, 0.3) is 0 Å². The molecule has 1 aromatic rings. The second-order valence-electron chi connectivity index (χ2n) is 2.76. The van der Waals surface area contributed by atoms with E-state index < -0.39 is 6.23 Å². The Hall–Kier alpha value is -1.55. The van der Waals surface area contributed by atoms with Crippen LogP contribution in [0.4, 0.5) is 0 Å². The SMILES string of the molecule is CC(O)NC(=O)COc1[c]cccc1. The van der Waals surface area contributed by atoms with Crippen LogP contribution in [0.5, 0.6) is 5.75 Å². The van der Waals surface area contributed by atoms with Gasteiger partial charge in [0.15, 0.2) is 6.61 Å². The van der Waals surface area contributed by atoms with Crippen molar-refractivity contribution in [3.8, 4) is 5.75 Å². The van der Waals surface area contributed by atoms with E-state index in [2.05, 4.69) is 11.4 Å². The lowest BCUT2D eigenvalue weighted by molar-refractivity contribution is -0.125. The maximum Gasteiger partial charge on any atom is 0.259 e. The van der Waals surface area contributed by atoms with Gasteiger partial charge >= 0.3 is 0 Å². The minimum absolute atomic E-state index is 0.120. The highest BCUT2D eigenvalue weighted by Crippen LogP contribution is 2.06. The molecule has 1 atom stereocenters. The first-order valence-electron chi connectivity index (χ1n) is 4.25. The van der Waals surface area contributed by atoms with Crippen molar-refractivity contribution in [2.75, 3.05) is 6.61 Å². The fourth-order valence-electron chi connectivity index (χ4n) is 0.885. The normalized spacial score (nSPS) is 11.9. The standard InChI is InChI=1S/C10H12NO3/c1-8(12)11-10(13)7-14-9-5-3-2-4-6-9/h2-5,8,12H,7H2,1H3,(H,11,13). The molecule has 0 heterocycles. The van der Waals surface area contributed by atoms with Crippen molar-refractivity contribution in [2.45, 2.75) is 13.2 Å². The average molecular weight is 194 g/mol. The molecule has 0 spiro atoms. The second kappa shape index (κ2) is 5.24. The summed E-state index contributed by atoms with van der Waals surface area (Å²) in [5.74, 6) is 0.144. The average Bonchev–Trinajstić information content (AvgIpc) is 2.15. The third kappa shape index (κ3) is 3.91. The zero-order valence-electron chi connectivity index (χ0n) is 7.86. The molecule has 4 nitrogen and oxygen atoms in total. The summed E-state index contributed by atoms with van der Waals surface area (Å²) in [7, 11) is 0. The van der Waals surface area contributed by atoms with Crippen LogP contribution in [0.15, 0.2) is 24.3 Å². The third-order valence-corrected chi connectivity index (χ3v) is 1.41. The van der Waals surface area contributed by atoms with Gasteiger partial charge in [-0.25, -0.2) is 0 Å². The van der Waals surface area contributed by atoms with E-state index in [0.717, 1.165) is 0 Å². The lowest BCUT2D eigenvalue weighted by Crippen LogP contribution is -2.35. The smallest absolute Gasteiger partial charge is 0.259 e. The van der Waals surface area contributed by atoms with Crippen molar-refractivity contribution < 1.29 is 14.6 Å². The fraction of sp³-hybridized carbons (Fsp3) is 0.300. The van der Waals surface area contributed by atoms with Gasteiger partial charge in [0.1, 0.15) is 12.0 Å². The molecule has 0 saturated heterocycles. The molecule has 0 saturated carbocycles. The molecule has 0 fully saturated rings. The topological polar surface area (TPSA) is 58.6 Å². The first-order chi connectivity index (χ1) is 6.68. The van der Waals surface area contributed by atoms with Gasteiger partial charge in [0.25, 0.3) is 5.91 Å². The summed E-state index contributed by atoms with van der Waals surface area (Å²) in [5.41, 5.74) is 0. The molecule has 0 aromatic heterocycles. The molecule has 75 valence electrons. The molecule has 1 radical (unpaired) electrons. The number of carbonyl (C=O) groups is 1. The Labute approximate surface area is 82.5 Å². The lowest BCUT2D eigenvalue weighted by atomic mass is 10.3. The number of nitrogens with one attached hydrogen (secondary N) is 1. The third-order valence-electron chi connectivity index (χ3n) is 1.41. The summed E-state index contributed by atoms with van der Waals surface area (Å²) in [4.78, 5) is 11.0. The van der Waals surface area contributed by atoms with E-state index >= 15 is 0 Å². The van der Waals surface area contributed by atoms with Gasteiger partial charge in [-0.05, 0) is 13.0 Å². The molecular weight excluding hydrogens is 182 g/mol. The van der Waals surface area contributed by atoms with Crippen molar-refractivity contribution in [1.29, 1.82) is 0 Å². The Morgan fingerprint density at radius 2 is 2.50 bits per heavy atom. The molecule has 4 heteroatoms. The van der Waals surface area contributed by atoms with Crippen LogP contribution in [0.2, 0.25) is 0 Å². The van der Waals surface area contributed by atoms with Crippen LogP contribution < -0.4 is 10.1 Å². The first kappa shape index (κ1) is 10.5. The van der Waals surface area contributed by atoms with Gasteiger partial charge in [-0.1, -0.05) is 18.2 Å². The summed E-state index contributed by atoms with van der Waals surface area (Å²) in [6.07, 6.45) is -0.856. The Morgan fingerprint density at radius 3 is 3.07 bits per heavy atom. The second-order valence-corrected chi connectivity index (χ2v) is 2.76. The highest BCUT2D eigenvalue weighted by molar-refractivity contribution is 5.77. The van der Waals surface area contributed by atoms with E-state index in [-0.39, 0.29) is 12.5 Å². The van der Waals surface area contributed by atoms with Crippen LogP contribution in [0.3, 0.4) is 0 Å². The fourth-order valence-corrected chi connectivity index (χ4v) is 0.885. The predicted octanol–water partition coefficient (Wildman–Crippen LogP) is 0.320. The Bertz CT molecular complexity index is 285. The van der Waals surface area contributed by atoms with E-state index in [9.17, 15) is 4.79 Å². The maximum absolute atomic E-state index is 11.0. The van der Waals surface area contributed by atoms with E-state index in [1.165, 1.54) is 6.92 Å². The molecule has 0 aliphatic rings. The number of hydrogen-bond acceptors (Lipinski definition) is 3. The zero-order chi connectivity index (χ0) is 10.4. The van der Waals surface area contributed by atoms with Crippen LogP contribution in [-0.4, -0.2) is 23.8 Å². The maximum atomic E-state index is 11.0. The van der Waals surface area contributed by atoms with Gasteiger partial charge in [-0.15, -0.1) is 0 Å². The van der Waals surface area contributed by atoms with Gasteiger partial charge in [0.2, 0.25) is 0 Å². The number of ether oxygens (including phenoxy) is 1. The minimum Gasteiger partial charge on any atom is -0.483 e. The Morgan fingerprint density at radius 1 is 1.71 bits per heavy atom. The summed E-state index contributed by atoms with van der Waals surface area (Å²) in [6, 6.07) is 9.81. The molecule has 2 N–H and O–H groups in total. The van der Waals surface area contributed by atoms with Crippen LogP contribution >= 0.6 is 0 Å². The first-order valence-corrected chi connectivity index (χ1v) is 4.25. The minimum atomic E-state index is -0.856. The largest absolute Gasteiger partial charge is 0.483 e. The van der Waals surface area contributed by atoms with Gasteiger partial charge in [0.05, 0.1) is 0 Å². The lowest BCUT2D eigenvalue weighted by Gasteiger charge is -2.08. The van der Waals surface area contributed by atoms with Crippen LogP contribution in [0, 0.1) is 6.07 Å². The molecule has 14 heavy (non-hydrogen) atoms. The predicted molar refractivity (Wildman–Crippen MR) is 50.6 cm³/mol. The molecular formula is C10H12NO3. The van der Waals surface area contributed by atoms with Crippen molar-refractivity contribution >= 4 is 5.91 Å². The number of benzene rings is 1. The molecule has 0 aliphatic heterocycles. The van der Waals surface area contributed by atoms with Crippen LogP contribution in [-0.2, 0) is 4.79 Å². The number of carbonyl (C=O) groups excluding carboxylic acids is 1. The summed E-state index contributed by atoms with van der Waals surface area (Å²) >= 11 is 0. The Kier molecular flexibility index (Phi) is 3.94. The molecule has 1 aromatic carbocycles. The monoisotopic (exact) mass is 194 g/mol. The summed E-state index contributed by atoms with van der Waals surface area (Å²) in [5, 5.41) is 11.1. The van der Waals surface area contributed by atoms with Crippen molar-refractivity contribution in [3.63, 3.8) is 0 Å². The van der Waals surface area contributed by atoms with E-state index in [1.54, 1.807) is 18.2 Å². The highest BCUT2D eigenvalue weighted by atomic mass is 16.5. The zero-order valence-corrected chi connectivity index (χ0v) is 7.86. The molecule has 0 bridgehead atoms. The van der Waals surface area contributed by atoms with Gasteiger partial charge in [0, 0.05) is 6.07 Å². The number of para-hydroxylation sites is 1. The van der Waals surface area contributed by atoms with E-state index in [4.69, 9.17) is 9.84 Å². The number of amides is 1. The van der Waals surface area contributed by atoms with Gasteiger partial charge in [-0.3, -0.25) is 4.79 Å². The summed E-state index contributed by atoms with van der Waals surface area (Å²) < 4.78 is 5.09.